The Kier molecular flexibility index (Phi) is 6.65. The number of H-pyrrole nitrogens is 1. The van der Waals surface area contributed by atoms with Crippen LogP contribution in [0, 0.1) is 6.92 Å². The van der Waals surface area contributed by atoms with Crippen LogP contribution in [0.1, 0.15) is 32.3 Å². The van der Waals surface area contributed by atoms with Crippen molar-refractivity contribution in [3.8, 4) is 11.4 Å². The molecule has 0 saturated carbocycles. The van der Waals surface area contributed by atoms with Crippen LogP contribution in [0.5, 0.6) is 0 Å². The molecular weight excluding hydrogens is 308 g/mol. The monoisotopic (exact) mass is 332 g/mol. The maximum absolute atomic E-state index is 12.3. The number of aryl methyl sites for hydroxylation is 1. The molecule has 6 heteroatoms. The van der Waals surface area contributed by atoms with Gasteiger partial charge in [0.05, 0.1) is 5.75 Å². The van der Waals surface area contributed by atoms with Crippen molar-refractivity contribution in [3.63, 3.8) is 0 Å². The number of hydrogen-bond donors (Lipinski definition) is 1. The lowest BCUT2D eigenvalue weighted by molar-refractivity contribution is -0.128. The van der Waals surface area contributed by atoms with Gasteiger partial charge >= 0.3 is 0 Å². The maximum Gasteiger partial charge on any atom is 0.233 e. The van der Waals surface area contributed by atoms with E-state index in [2.05, 4.69) is 36.0 Å². The van der Waals surface area contributed by atoms with E-state index in [1.807, 2.05) is 29.2 Å². The maximum atomic E-state index is 12.3. The number of hydrogen-bond acceptors (Lipinski definition) is 4. The van der Waals surface area contributed by atoms with Crippen molar-refractivity contribution in [3.05, 3.63) is 29.8 Å². The summed E-state index contributed by atoms with van der Waals surface area (Å²) in [5, 5.41) is 7.75. The molecule has 0 saturated heterocycles. The molecular formula is C17H24N4OS. The molecule has 0 aliphatic heterocycles. The Morgan fingerprint density at radius 1 is 1.17 bits per heavy atom. The number of nitrogens with one attached hydrogen (secondary N) is 1. The topological polar surface area (TPSA) is 61.9 Å². The minimum atomic E-state index is 0.153. The van der Waals surface area contributed by atoms with Gasteiger partial charge in [0, 0.05) is 18.7 Å². The summed E-state index contributed by atoms with van der Waals surface area (Å²) in [7, 11) is 0. The van der Waals surface area contributed by atoms with Crippen molar-refractivity contribution < 1.29 is 4.79 Å². The van der Waals surface area contributed by atoms with Gasteiger partial charge in [-0.05, 0) is 19.8 Å². The number of carbonyl (C=O) groups excluding carboxylic acids is 1. The fourth-order valence-corrected chi connectivity index (χ4v) is 2.97. The van der Waals surface area contributed by atoms with Gasteiger partial charge in [-0.25, -0.2) is 4.98 Å². The molecule has 1 aromatic heterocycles. The van der Waals surface area contributed by atoms with Crippen molar-refractivity contribution in [2.75, 3.05) is 18.8 Å². The average molecular weight is 332 g/mol. The molecule has 0 bridgehead atoms. The van der Waals surface area contributed by atoms with Crippen LogP contribution in [0.3, 0.4) is 0 Å². The Morgan fingerprint density at radius 3 is 2.43 bits per heavy atom. The van der Waals surface area contributed by atoms with Gasteiger partial charge in [-0.2, -0.15) is 0 Å². The van der Waals surface area contributed by atoms with Crippen LogP contribution in [0.25, 0.3) is 11.4 Å². The Balaban J connectivity index is 1.93. The van der Waals surface area contributed by atoms with E-state index in [0.717, 1.165) is 37.3 Å². The van der Waals surface area contributed by atoms with Gasteiger partial charge in [-0.1, -0.05) is 55.4 Å². The molecule has 0 aliphatic carbocycles. The highest BCUT2D eigenvalue weighted by Gasteiger charge is 2.14. The molecule has 5 nitrogen and oxygen atoms in total. The normalized spacial score (nSPS) is 10.7. The molecule has 2 aromatic rings. The molecule has 124 valence electrons. The highest BCUT2D eigenvalue weighted by molar-refractivity contribution is 7.99. The second-order valence-electron chi connectivity index (χ2n) is 5.50. The molecule has 1 N–H and O–H groups in total. The fraction of sp³-hybridized carbons (Fsp3) is 0.471. The number of benzene rings is 1. The van der Waals surface area contributed by atoms with Gasteiger partial charge in [-0.15, -0.1) is 5.10 Å². The quantitative estimate of drug-likeness (QED) is 0.751. The zero-order valence-corrected chi connectivity index (χ0v) is 14.8. The third-order valence-corrected chi connectivity index (χ3v) is 4.29. The first-order valence-electron chi connectivity index (χ1n) is 8.04. The number of aromatic nitrogens is 3. The van der Waals surface area contributed by atoms with Crippen LogP contribution in [0.15, 0.2) is 29.4 Å². The largest absolute Gasteiger partial charge is 0.342 e. The molecule has 1 heterocycles. The highest BCUT2D eigenvalue weighted by atomic mass is 32.2. The summed E-state index contributed by atoms with van der Waals surface area (Å²) in [6.45, 7) is 7.86. The first-order chi connectivity index (χ1) is 11.1. The minimum Gasteiger partial charge on any atom is -0.342 e. The Hall–Kier alpha value is -1.82. The summed E-state index contributed by atoms with van der Waals surface area (Å²) >= 11 is 1.38. The number of thioether (sulfide) groups is 1. The highest BCUT2D eigenvalue weighted by Crippen LogP contribution is 2.20. The average Bonchev–Trinajstić information content (AvgIpc) is 3.02. The molecule has 0 fully saturated rings. The van der Waals surface area contributed by atoms with Gasteiger partial charge in [0.1, 0.15) is 0 Å². The second kappa shape index (κ2) is 8.72. The van der Waals surface area contributed by atoms with Crippen LogP contribution < -0.4 is 0 Å². The van der Waals surface area contributed by atoms with Crippen molar-refractivity contribution in [1.82, 2.24) is 20.1 Å². The molecule has 2 rings (SSSR count). The summed E-state index contributed by atoms with van der Waals surface area (Å²) in [5.41, 5.74) is 2.21. The lowest BCUT2D eigenvalue weighted by atomic mass is 10.1. The van der Waals surface area contributed by atoms with Gasteiger partial charge < -0.3 is 4.90 Å². The Morgan fingerprint density at radius 2 is 1.83 bits per heavy atom. The Labute approximate surface area is 141 Å². The summed E-state index contributed by atoms with van der Waals surface area (Å²) in [6.07, 6.45) is 1.96. The lowest BCUT2D eigenvalue weighted by Gasteiger charge is -2.20. The van der Waals surface area contributed by atoms with Gasteiger partial charge in [0.25, 0.3) is 0 Å². The number of nitrogens with zero attached hydrogens (tertiary/aromatic N) is 3. The van der Waals surface area contributed by atoms with Gasteiger partial charge in [-0.3, -0.25) is 9.89 Å². The van der Waals surface area contributed by atoms with Gasteiger partial charge in [0.2, 0.25) is 11.1 Å². The molecule has 0 radical (unpaired) electrons. The number of rotatable bonds is 8. The lowest BCUT2D eigenvalue weighted by Crippen LogP contribution is -2.33. The molecule has 0 atom stereocenters. The predicted octanol–water partition coefficient (Wildman–Crippen LogP) is 3.52. The van der Waals surface area contributed by atoms with E-state index in [1.165, 1.54) is 17.3 Å². The van der Waals surface area contributed by atoms with Crippen molar-refractivity contribution in [2.24, 2.45) is 0 Å². The van der Waals surface area contributed by atoms with Crippen LogP contribution in [0.4, 0.5) is 0 Å². The standard InChI is InChI=1S/C17H24N4OS/c1-4-10-21(11-5-2)15(22)12-23-17-18-16(19-20-17)14-8-6-13(3)7-9-14/h6-9H,4-5,10-12H2,1-3H3,(H,18,19,20). The third kappa shape index (κ3) is 5.10. The van der Waals surface area contributed by atoms with E-state index in [4.69, 9.17) is 0 Å². The number of carbonyl (C=O) groups is 1. The van der Waals surface area contributed by atoms with E-state index in [9.17, 15) is 4.79 Å². The first kappa shape index (κ1) is 17.5. The Bertz CT molecular complexity index is 618. The van der Waals surface area contributed by atoms with E-state index in [-0.39, 0.29) is 5.91 Å². The van der Waals surface area contributed by atoms with Crippen LogP contribution in [-0.4, -0.2) is 44.8 Å². The van der Waals surface area contributed by atoms with E-state index >= 15 is 0 Å². The smallest absolute Gasteiger partial charge is 0.233 e. The summed E-state index contributed by atoms with van der Waals surface area (Å²) in [5.74, 6) is 1.27. The zero-order chi connectivity index (χ0) is 16.7. The third-order valence-electron chi connectivity index (χ3n) is 3.45. The zero-order valence-electron chi connectivity index (χ0n) is 14.0. The van der Waals surface area contributed by atoms with E-state index in [1.54, 1.807) is 0 Å². The molecule has 0 spiro atoms. The molecule has 0 unspecified atom stereocenters. The summed E-state index contributed by atoms with van der Waals surface area (Å²) in [6, 6.07) is 8.11. The molecule has 1 amide bonds. The minimum absolute atomic E-state index is 0.153. The van der Waals surface area contributed by atoms with Crippen molar-refractivity contribution in [2.45, 2.75) is 38.8 Å². The van der Waals surface area contributed by atoms with Crippen LogP contribution in [-0.2, 0) is 4.79 Å². The number of amides is 1. The number of aromatic amines is 1. The predicted molar refractivity (Wildman–Crippen MR) is 94.4 cm³/mol. The van der Waals surface area contributed by atoms with E-state index < -0.39 is 0 Å². The molecule has 0 aliphatic rings. The van der Waals surface area contributed by atoms with Crippen LogP contribution >= 0.6 is 11.8 Å². The van der Waals surface area contributed by atoms with E-state index in [0.29, 0.717) is 10.9 Å². The SMILES string of the molecule is CCCN(CCC)C(=O)CSc1n[nH]c(-c2ccc(C)cc2)n1. The van der Waals surface area contributed by atoms with Crippen molar-refractivity contribution in [1.29, 1.82) is 0 Å². The van der Waals surface area contributed by atoms with Crippen molar-refractivity contribution >= 4 is 17.7 Å². The fourth-order valence-electron chi connectivity index (χ4n) is 2.27. The first-order valence-corrected chi connectivity index (χ1v) is 9.02. The van der Waals surface area contributed by atoms with Crippen LogP contribution in [0.2, 0.25) is 0 Å². The molecule has 1 aromatic carbocycles. The molecule has 23 heavy (non-hydrogen) atoms. The summed E-state index contributed by atoms with van der Waals surface area (Å²) < 4.78 is 0. The van der Waals surface area contributed by atoms with Gasteiger partial charge in [0.15, 0.2) is 5.82 Å². The second-order valence-corrected chi connectivity index (χ2v) is 6.44. The summed E-state index contributed by atoms with van der Waals surface area (Å²) in [4.78, 5) is 18.6.